The zero-order chi connectivity index (χ0) is 14.5. The summed E-state index contributed by atoms with van der Waals surface area (Å²) < 4.78 is 11.2. The van der Waals surface area contributed by atoms with Crippen molar-refractivity contribution in [2.75, 3.05) is 19.7 Å². The molecule has 3 rings (SSSR count). The van der Waals surface area contributed by atoms with Gasteiger partial charge in [0, 0.05) is 13.1 Å². The zero-order valence-corrected chi connectivity index (χ0v) is 11.7. The Morgan fingerprint density at radius 1 is 1.10 bits per heavy atom. The summed E-state index contributed by atoms with van der Waals surface area (Å²) in [5.74, 6) is 0.638. The lowest BCUT2D eigenvalue weighted by atomic mass is 9.79. The second-order valence-electron chi connectivity index (χ2n) is 5.01. The quantitative estimate of drug-likeness (QED) is 0.825. The highest BCUT2D eigenvalue weighted by molar-refractivity contribution is 6.60. The van der Waals surface area contributed by atoms with Gasteiger partial charge in [-0.15, -0.1) is 0 Å². The average Bonchev–Trinajstić information content (AvgIpc) is 2.57. The van der Waals surface area contributed by atoms with Crippen LogP contribution >= 0.6 is 0 Å². The molecule has 2 aromatic rings. The largest absolute Gasteiger partial charge is 0.560 e. The molecule has 0 aromatic heterocycles. The van der Waals surface area contributed by atoms with Crippen molar-refractivity contribution in [1.29, 1.82) is 0 Å². The first-order valence-electron chi connectivity index (χ1n) is 7.15. The summed E-state index contributed by atoms with van der Waals surface area (Å²) in [7, 11) is -0.954. The molecule has 4 nitrogen and oxygen atoms in total. The highest BCUT2D eigenvalue weighted by Gasteiger charge is 2.19. The Balaban J connectivity index is 1.64. The van der Waals surface area contributed by atoms with Crippen molar-refractivity contribution in [2.45, 2.75) is 6.10 Å². The summed E-state index contributed by atoms with van der Waals surface area (Å²) >= 11 is 0. The maximum atomic E-state index is 10.0. The molecule has 2 aromatic carbocycles. The maximum Gasteiger partial charge on any atom is 0.560 e. The van der Waals surface area contributed by atoms with Gasteiger partial charge in [0.25, 0.3) is 0 Å². The topological polar surface area (TPSA) is 50.7 Å². The molecule has 0 bridgehead atoms. The Labute approximate surface area is 124 Å². The summed E-state index contributed by atoms with van der Waals surface area (Å²) in [5, 5.41) is 13.3. The molecule has 1 heterocycles. The second-order valence-corrected chi connectivity index (χ2v) is 5.01. The van der Waals surface area contributed by atoms with Gasteiger partial charge in [-0.3, -0.25) is 0 Å². The van der Waals surface area contributed by atoms with Crippen molar-refractivity contribution in [3.8, 4) is 5.75 Å². The molecule has 0 aliphatic carbocycles. The van der Waals surface area contributed by atoms with Gasteiger partial charge in [-0.25, -0.2) is 0 Å². The third-order valence-corrected chi connectivity index (χ3v) is 3.51. The molecule has 0 spiro atoms. The molecule has 1 unspecified atom stereocenters. The highest BCUT2D eigenvalue weighted by Crippen LogP contribution is 2.21. The van der Waals surface area contributed by atoms with Gasteiger partial charge in [0.05, 0.1) is 12.7 Å². The first-order valence-corrected chi connectivity index (χ1v) is 7.15. The SMILES string of the molecule is OB(Oc1ccc(C2CNCCO2)cc1)c1ccccc1. The van der Waals surface area contributed by atoms with Crippen LogP contribution in [0.5, 0.6) is 5.75 Å². The van der Waals surface area contributed by atoms with Crippen LogP contribution in [0.1, 0.15) is 11.7 Å². The van der Waals surface area contributed by atoms with Gasteiger partial charge in [0.2, 0.25) is 0 Å². The number of morpholine rings is 1. The van der Waals surface area contributed by atoms with Gasteiger partial charge in [0.1, 0.15) is 5.75 Å². The van der Waals surface area contributed by atoms with E-state index in [1.54, 1.807) is 0 Å². The van der Waals surface area contributed by atoms with Gasteiger partial charge in [-0.1, -0.05) is 42.5 Å². The predicted octanol–water partition coefficient (Wildman–Crippen LogP) is 1.11. The summed E-state index contributed by atoms with van der Waals surface area (Å²) in [4.78, 5) is 0. The van der Waals surface area contributed by atoms with Gasteiger partial charge >= 0.3 is 7.12 Å². The Morgan fingerprint density at radius 2 is 1.86 bits per heavy atom. The monoisotopic (exact) mass is 283 g/mol. The first-order chi connectivity index (χ1) is 10.3. The molecule has 0 saturated carbocycles. The minimum Gasteiger partial charge on any atom is -0.532 e. The third-order valence-electron chi connectivity index (χ3n) is 3.51. The lowest BCUT2D eigenvalue weighted by molar-refractivity contribution is 0.0277. The van der Waals surface area contributed by atoms with E-state index in [4.69, 9.17) is 9.39 Å². The van der Waals surface area contributed by atoms with Crippen molar-refractivity contribution in [3.63, 3.8) is 0 Å². The minimum atomic E-state index is -0.954. The number of hydrogen-bond donors (Lipinski definition) is 2. The lowest BCUT2D eigenvalue weighted by Crippen LogP contribution is -2.36. The standard InChI is InChI=1S/C16H18BNO3/c19-17(14-4-2-1-3-5-14)21-15-8-6-13(7-9-15)16-12-18-10-11-20-16/h1-9,16,18-19H,10-12H2. The fourth-order valence-electron chi connectivity index (χ4n) is 2.36. The molecular weight excluding hydrogens is 265 g/mol. The lowest BCUT2D eigenvalue weighted by Gasteiger charge is -2.24. The van der Waals surface area contributed by atoms with E-state index in [-0.39, 0.29) is 6.10 Å². The predicted molar refractivity (Wildman–Crippen MR) is 82.7 cm³/mol. The van der Waals surface area contributed by atoms with E-state index in [1.807, 2.05) is 54.6 Å². The summed E-state index contributed by atoms with van der Waals surface area (Å²) in [5.41, 5.74) is 1.85. The molecule has 1 aliphatic rings. The Morgan fingerprint density at radius 3 is 2.52 bits per heavy atom. The Bertz CT molecular complexity index is 555. The van der Waals surface area contributed by atoms with Crippen LogP contribution in [0.4, 0.5) is 0 Å². The Hall–Kier alpha value is -1.82. The van der Waals surface area contributed by atoms with E-state index in [0.717, 1.165) is 30.7 Å². The average molecular weight is 283 g/mol. The number of nitrogens with one attached hydrogen (secondary N) is 1. The number of benzene rings is 2. The molecule has 5 heteroatoms. The van der Waals surface area contributed by atoms with Crippen LogP contribution in [0.25, 0.3) is 0 Å². The summed E-state index contributed by atoms with van der Waals surface area (Å²) in [6, 6.07) is 17.0. The van der Waals surface area contributed by atoms with Crippen molar-refractivity contribution in [2.24, 2.45) is 0 Å². The van der Waals surface area contributed by atoms with E-state index >= 15 is 0 Å². The van der Waals surface area contributed by atoms with Crippen molar-refractivity contribution < 1.29 is 14.4 Å². The minimum absolute atomic E-state index is 0.0897. The third kappa shape index (κ3) is 3.64. The molecule has 2 N–H and O–H groups in total. The van der Waals surface area contributed by atoms with Crippen molar-refractivity contribution in [3.05, 3.63) is 60.2 Å². The molecule has 1 aliphatic heterocycles. The number of rotatable bonds is 4. The van der Waals surface area contributed by atoms with Crippen molar-refractivity contribution >= 4 is 12.6 Å². The molecule has 21 heavy (non-hydrogen) atoms. The number of hydrogen-bond acceptors (Lipinski definition) is 4. The molecule has 0 amide bonds. The zero-order valence-electron chi connectivity index (χ0n) is 11.7. The van der Waals surface area contributed by atoms with Crippen LogP contribution in [0.2, 0.25) is 0 Å². The molecular formula is C16H18BNO3. The Kier molecular flexibility index (Phi) is 4.55. The maximum absolute atomic E-state index is 10.0. The molecule has 1 fully saturated rings. The van der Waals surface area contributed by atoms with E-state index in [1.165, 1.54) is 0 Å². The van der Waals surface area contributed by atoms with E-state index in [9.17, 15) is 5.02 Å². The van der Waals surface area contributed by atoms with Gasteiger partial charge < -0.3 is 19.7 Å². The van der Waals surface area contributed by atoms with Crippen molar-refractivity contribution in [1.82, 2.24) is 5.32 Å². The van der Waals surface area contributed by atoms with Crippen LogP contribution in [-0.2, 0) is 4.74 Å². The highest BCUT2D eigenvalue weighted by atomic mass is 16.5. The van der Waals surface area contributed by atoms with Crippen LogP contribution in [-0.4, -0.2) is 31.8 Å². The fourth-order valence-corrected chi connectivity index (χ4v) is 2.36. The summed E-state index contributed by atoms with van der Waals surface area (Å²) in [6.45, 7) is 2.46. The molecule has 0 radical (unpaired) electrons. The molecule has 1 atom stereocenters. The van der Waals surface area contributed by atoms with Crippen LogP contribution in [0, 0.1) is 0 Å². The normalized spacial score (nSPS) is 18.2. The van der Waals surface area contributed by atoms with Gasteiger partial charge in [-0.2, -0.15) is 0 Å². The van der Waals surface area contributed by atoms with Crippen LogP contribution in [0.15, 0.2) is 54.6 Å². The fraction of sp³-hybridized carbons (Fsp3) is 0.250. The smallest absolute Gasteiger partial charge is 0.532 e. The molecule has 1 saturated heterocycles. The van der Waals surface area contributed by atoms with Gasteiger partial charge in [0.15, 0.2) is 0 Å². The molecule has 108 valence electrons. The van der Waals surface area contributed by atoms with Gasteiger partial charge in [-0.05, 0) is 23.2 Å². The van der Waals surface area contributed by atoms with Crippen LogP contribution in [0.3, 0.4) is 0 Å². The first kappa shape index (κ1) is 14.1. The van der Waals surface area contributed by atoms with E-state index in [2.05, 4.69) is 5.32 Å². The number of ether oxygens (including phenoxy) is 1. The summed E-state index contributed by atoms with van der Waals surface area (Å²) in [6.07, 6.45) is 0.0897. The second kappa shape index (κ2) is 6.76. The van der Waals surface area contributed by atoms with Crippen LogP contribution < -0.4 is 15.4 Å². The van der Waals surface area contributed by atoms with E-state index < -0.39 is 7.12 Å². The van der Waals surface area contributed by atoms with E-state index in [0.29, 0.717) is 5.75 Å².